The number of likely N-dealkylation sites (N-methyl/N-ethyl adjacent to an activating group) is 2. The second kappa shape index (κ2) is 25.6. The van der Waals surface area contributed by atoms with E-state index in [0.717, 1.165) is 42.8 Å². The van der Waals surface area contributed by atoms with Crippen molar-refractivity contribution in [2.75, 3.05) is 160 Å². The maximum absolute atomic E-state index is 14.5. The number of piperazine rings is 1. The number of nitrogens with one attached hydrogen (secondary N) is 4. The number of carbonyl (C=O) groups is 2. The Bertz CT molecular complexity index is 3930. The molecule has 0 saturated carbocycles. The highest BCUT2D eigenvalue weighted by atomic mass is 19.4. The molecule has 0 radical (unpaired) electrons. The Morgan fingerprint density at radius 3 is 1.67 bits per heavy atom. The fourth-order valence-electron chi connectivity index (χ4n) is 11.4. The van der Waals surface area contributed by atoms with E-state index >= 15 is 0 Å². The van der Waals surface area contributed by atoms with Gasteiger partial charge in [0.05, 0.1) is 43.1 Å². The van der Waals surface area contributed by atoms with Crippen LogP contribution in [0.5, 0.6) is 0 Å². The summed E-state index contributed by atoms with van der Waals surface area (Å²) >= 11 is 0. The fourth-order valence-corrected chi connectivity index (χ4v) is 11.4. The molecule has 4 fully saturated rings. The van der Waals surface area contributed by atoms with Crippen LogP contribution in [-0.2, 0) is 28.4 Å². The first-order valence-electron chi connectivity index (χ1n) is 29.5. The number of anilines is 10. The van der Waals surface area contributed by atoms with Crippen molar-refractivity contribution in [3.63, 3.8) is 0 Å². The van der Waals surface area contributed by atoms with Gasteiger partial charge in [0, 0.05) is 123 Å². The van der Waals surface area contributed by atoms with E-state index in [0.29, 0.717) is 172 Å². The van der Waals surface area contributed by atoms with Crippen molar-refractivity contribution in [1.82, 2.24) is 34.7 Å². The molecule has 4 aliphatic heterocycles. The maximum atomic E-state index is 14.5. The Labute approximate surface area is 509 Å². The molecule has 0 spiro atoms. The van der Waals surface area contributed by atoms with E-state index in [1.54, 1.807) is 54.9 Å². The molecule has 0 bridgehead atoms. The number of amides is 2. The molecule has 4 N–H and O–H groups in total. The molecule has 4 aromatic carbocycles. The van der Waals surface area contributed by atoms with E-state index in [2.05, 4.69) is 50.8 Å². The number of pyridine rings is 2. The average molecular weight is 1230 g/mol. The number of halogens is 6. The highest BCUT2D eigenvalue weighted by Gasteiger charge is 2.34. The van der Waals surface area contributed by atoms with Crippen LogP contribution in [-0.4, -0.2) is 166 Å². The van der Waals surface area contributed by atoms with Gasteiger partial charge < -0.3 is 60.1 Å². The lowest BCUT2D eigenvalue weighted by Gasteiger charge is -2.34. The number of hydrogen-bond acceptors (Lipinski definition) is 17. The highest BCUT2D eigenvalue weighted by Crippen LogP contribution is 2.38. The minimum Gasteiger partial charge on any atom is -0.378 e. The largest absolute Gasteiger partial charge is 0.416 e. The van der Waals surface area contributed by atoms with Crippen LogP contribution < -0.4 is 45.4 Å². The van der Waals surface area contributed by atoms with Gasteiger partial charge in [-0.05, 0) is 129 Å². The Balaban J connectivity index is 0.889. The van der Waals surface area contributed by atoms with Gasteiger partial charge in [-0.3, -0.25) is 9.59 Å². The number of benzene rings is 4. The molecular formula is C63H67F6N16O4+. The van der Waals surface area contributed by atoms with Crippen molar-refractivity contribution < 1.29 is 50.0 Å². The van der Waals surface area contributed by atoms with E-state index in [4.69, 9.17) is 24.4 Å². The molecule has 8 aromatic rings. The zero-order valence-corrected chi connectivity index (χ0v) is 49.4. The van der Waals surface area contributed by atoms with Crippen LogP contribution in [0.25, 0.3) is 22.1 Å². The average Bonchev–Trinajstić information content (AvgIpc) is 2.11. The van der Waals surface area contributed by atoms with Gasteiger partial charge in [0.1, 0.15) is 30.0 Å². The third kappa shape index (κ3) is 14.0. The van der Waals surface area contributed by atoms with Gasteiger partial charge in [0.25, 0.3) is 24.0 Å². The van der Waals surface area contributed by atoms with E-state index in [-0.39, 0.29) is 29.0 Å². The predicted molar refractivity (Wildman–Crippen MR) is 329 cm³/mol. The summed E-state index contributed by atoms with van der Waals surface area (Å²) in [5.41, 5.74) is 3.62. The van der Waals surface area contributed by atoms with Crippen molar-refractivity contribution in [3.8, 4) is 0 Å². The van der Waals surface area contributed by atoms with E-state index < -0.39 is 35.3 Å². The van der Waals surface area contributed by atoms with Crippen LogP contribution in [0.15, 0.2) is 110 Å². The number of hydrogen-bond donors (Lipinski definition) is 4. The van der Waals surface area contributed by atoms with E-state index in [1.807, 2.05) is 59.7 Å². The molecule has 4 saturated heterocycles. The zero-order valence-electron chi connectivity index (χ0n) is 49.4. The third-order valence-electron chi connectivity index (χ3n) is 16.5. The van der Waals surface area contributed by atoms with E-state index in [1.165, 1.54) is 6.33 Å². The molecule has 4 aliphatic rings. The van der Waals surface area contributed by atoms with Crippen LogP contribution in [0, 0.1) is 6.92 Å². The smallest absolute Gasteiger partial charge is 0.378 e. The van der Waals surface area contributed by atoms with Gasteiger partial charge in [-0.1, -0.05) is 12.1 Å². The molecule has 26 heteroatoms. The standard InChI is InChI=1S/C63H66F6N16O4/c1-40-5-6-41(60(86)73-46-31-44(62(64,65)66)33-48(35-46)81-14-4-13-79(2)15-18-81)29-51(40)75-59-57-53(10-12-55(78-57)84-23-27-89-28-24-84)85(39-72-59)37-43-8-7-42(61(87)74-47-32-45(63(67,68)69)34-49(36-47)82-19-16-80(3)17-20-82)30-52(43)76-58-56-50(70-38-71-58)9-11-54(77-56)83-21-25-88-26-22-83/h5-12,29-36,38-39H,4,13-28,37H2,1-3H3,(H3,70,71,73,74,76,86,87)/p+1. The van der Waals surface area contributed by atoms with Gasteiger partial charge in [0.15, 0.2) is 16.9 Å². The summed E-state index contributed by atoms with van der Waals surface area (Å²) in [5, 5.41) is 12.4. The first kappa shape index (κ1) is 60.3. The Hall–Kier alpha value is -8.98. The predicted octanol–water partition coefficient (Wildman–Crippen LogP) is 9.21. The van der Waals surface area contributed by atoms with Crippen molar-refractivity contribution in [2.45, 2.75) is 32.2 Å². The lowest BCUT2D eigenvalue weighted by molar-refractivity contribution is -0.665. The number of nitrogens with zero attached hydrogens (tertiary/aromatic N) is 12. The van der Waals surface area contributed by atoms with Gasteiger partial charge in [-0.2, -0.15) is 26.3 Å². The third-order valence-corrected chi connectivity index (χ3v) is 16.5. The SMILES string of the molecule is Cc1ccc(C(=O)Nc2cc(N3CCCN(C)CC3)cc(C(F)(F)F)c2)cc1Nc1nc[n+](Cc2ccc(C(=O)Nc3cc(N4CCN(C)CC4)cc(C(F)(F)F)c3)cc2Nc2ncnc3ccc(N4CCOCC4)nc23)c2ccc(N3CCOCC3)nc12. The van der Waals surface area contributed by atoms with Crippen molar-refractivity contribution >= 4 is 91.3 Å². The molecule has 0 aliphatic carbocycles. The molecule has 8 heterocycles. The molecular weight excluding hydrogens is 1160 g/mol. The monoisotopic (exact) mass is 1230 g/mol. The molecule has 12 rings (SSSR count). The van der Waals surface area contributed by atoms with Gasteiger partial charge >= 0.3 is 12.4 Å². The molecule has 89 heavy (non-hydrogen) atoms. The summed E-state index contributed by atoms with van der Waals surface area (Å²) in [6.45, 7) is 11.4. The fraction of sp³-hybridized carbons (Fsp3) is 0.365. The summed E-state index contributed by atoms with van der Waals surface area (Å²) in [7, 11) is 3.94. The summed E-state index contributed by atoms with van der Waals surface area (Å²) < 4.78 is 99.7. The number of aryl methyl sites for hydroxylation is 1. The lowest BCUT2D eigenvalue weighted by atomic mass is 10.1. The zero-order chi connectivity index (χ0) is 62.0. The minimum absolute atomic E-state index is 0.00859. The number of alkyl halides is 6. The molecule has 464 valence electrons. The minimum atomic E-state index is -4.68. The number of ether oxygens (including phenoxy) is 2. The van der Waals surface area contributed by atoms with Gasteiger partial charge in [-0.25, -0.2) is 24.5 Å². The van der Waals surface area contributed by atoms with Crippen LogP contribution >= 0.6 is 0 Å². The first-order valence-corrected chi connectivity index (χ1v) is 29.5. The molecule has 4 aromatic heterocycles. The number of carbonyl (C=O) groups excluding carboxylic acids is 2. The van der Waals surface area contributed by atoms with Crippen molar-refractivity contribution in [1.29, 1.82) is 0 Å². The number of aromatic nitrogens is 6. The van der Waals surface area contributed by atoms with Crippen LogP contribution in [0.3, 0.4) is 0 Å². The summed E-state index contributed by atoms with van der Waals surface area (Å²) in [5.74, 6) is 0.748. The first-order chi connectivity index (χ1) is 42.8. The molecule has 20 nitrogen and oxygen atoms in total. The number of morpholine rings is 2. The Morgan fingerprint density at radius 1 is 0.539 bits per heavy atom. The molecule has 0 atom stereocenters. The van der Waals surface area contributed by atoms with Crippen LogP contribution in [0.2, 0.25) is 0 Å². The van der Waals surface area contributed by atoms with Crippen molar-refractivity contribution in [2.24, 2.45) is 0 Å². The van der Waals surface area contributed by atoms with Gasteiger partial charge in [0.2, 0.25) is 0 Å². The maximum Gasteiger partial charge on any atom is 0.416 e. The van der Waals surface area contributed by atoms with Crippen molar-refractivity contribution in [3.05, 3.63) is 143 Å². The van der Waals surface area contributed by atoms with Gasteiger partial charge in [-0.15, -0.1) is 0 Å². The second-order valence-corrected chi connectivity index (χ2v) is 22.7. The Kier molecular flexibility index (Phi) is 17.4. The topological polar surface area (TPSA) is 188 Å². The second-order valence-electron chi connectivity index (χ2n) is 22.7. The van der Waals surface area contributed by atoms with Crippen LogP contribution in [0.4, 0.5) is 83.7 Å². The van der Waals surface area contributed by atoms with E-state index in [9.17, 15) is 35.9 Å². The normalized spacial score (nSPS) is 16.6. The lowest BCUT2D eigenvalue weighted by Crippen LogP contribution is -2.44. The molecule has 2 amide bonds. The van der Waals surface area contributed by atoms with Crippen LogP contribution in [0.1, 0.15) is 49.4 Å². The quantitative estimate of drug-likeness (QED) is 0.0595. The highest BCUT2D eigenvalue weighted by molar-refractivity contribution is 6.06. The molecule has 0 unspecified atom stereocenters. The summed E-state index contributed by atoms with van der Waals surface area (Å²) in [6, 6.07) is 24.8. The number of rotatable bonds is 14. The summed E-state index contributed by atoms with van der Waals surface area (Å²) in [6.07, 6.45) is -5.53. The summed E-state index contributed by atoms with van der Waals surface area (Å²) in [4.78, 5) is 65.1. The Morgan fingerprint density at radius 2 is 1.07 bits per heavy atom. The number of fused-ring (bicyclic) bond motifs is 2.